The van der Waals surface area contributed by atoms with Crippen molar-refractivity contribution >= 4 is 0 Å². The Balaban J connectivity index is 1.39. The molecule has 130 valence electrons. The van der Waals surface area contributed by atoms with Crippen LogP contribution in [-0.2, 0) is 6.54 Å². The van der Waals surface area contributed by atoms with Crippen LogP contribution in [0.25, 0.3) is 11.7 Å². The largest absolute Gasteiger partial charge is 0.486 e. The molecule has 0 N–H and O–H groups in total. The van der Waals surface area contributed by atoms with Gasteiger partial charge in [-0.2, -0.15) is 0 Å². The average Bonchev–Trinajstić information content (AvgIpc) is 3.25. The molecule has 1 aliphatic heterocycles. The SMILES string of the molecule is Cc1oc(-c2ccco2)nc1CN(C)CC1COc2ccccc2O1. The van der Waals surface area contributed by atoms with E-state index in [0.717, 1.165) is 29.5 Å². The first kappa shape index (κ1) is 15.8. The number of fused-ring (bicyclic) bond motifs is 1. The lowest BCUT2D eigenvalue weighted by Gasteiger charge is -2.29. The van der Waals surface area contributed by atoms with Crippen LogP contribution in [0.3, 0.4) is 0 Å². The number of nitrogens with zero attached hydrogens (tertiary/aromatic N) is 2. The van der Waals surface area contributed by atoms with Crippen molar-refractivity contribution in [1.29, 1.82) is 0 Å². The first-order valence-electron chi connectivity index (χ1n) is 8.26. The molecule has 25 heavy (non-hydrogen) atoms. The number of aryl methyl sites for hydroxylation is 1. The Bertz CT molecular complexity index is 841. The zero-order chi connectivity index (χ0) is 17.2. The Hall–Kier alpha value is -2.73. The van der Waals surface area contributed by atoms with E-state index in [0.29, 0.717) is 24.8 Å². The van der Waals surface area contributed by atoms with E-state index in [2.05, 4.69) is 9.88 Å². The van der Waals surface area contributed by atoms with Crippen LogP contribution < -0.4 is 9.47 Å². The summed E-state index contributed by atoms with van der Waals surface area (Å²) in [5.41, 5.74) is 0.894. The highest BCUT2D eigenvalue weighted by Crippen LogP contribution is 2.31. The second-order valence-electron chi connectivity index (χ2n) is 6.19. The highest BCUT2D eigenvalue weighted by Gasteiger charge is 2.23. The van der Waals surface area contributed by atoms with Crippen LogP contribution in [0.2, 0.25) is 0 Å². The summed E-state index contributed by atoms with van der Waals surface area (Å²) in [6.45, 7) is 3.85. The number of oxazole rings is 1. The number of benzene rings is 1. The minimum atomic E-state index is -0.0170. The molecule has 1 aromatic carbocycles. The summed E-state index contributed by atoms with van der Waals surface area (Å²) in [6.07, 6.45) is 1.59. The van der Waals surface area contributed by atoms with Crippen molar-refractivity contribution in [3.05, 3.63) is 54.1 Å². The van der Waals surface area contributed by atoms with Crippen molar-refractivity contribution in [1.82, 2.24) is 9.88 Å². The first-order valence-corrected chi connectivity index (χ1v) is 8.26. The van der Waals surface area contributed by atoms with Crippen molar-refractivity contribution in [3.8, 4) is 23.1 Å². The second kappa shape index (κ2) is 6.64. The van der Waals surface area contributed by atoms with Gasteiger partial charge in [-0.3, -0.25) is 4.90 Å². The molecule has 0 radical (unpaired) electrons. The summed E-state index contributed by atoms with van der Waals surface area (Å²) >= 11 is 0. The van der Waals surface area contributed by atoms with Gasteiger partial charge < -0.3 is 18.3 Å². The highest BCUT2D eigenvalue weighted by atomic mass is 16.6. The van der Waals surface area contributed by atoms with Crippen LogP contribution in [0.5, 0.6) is 11.5 Å². The summed E-state index contributed by atoms with van der Waals surface area (Å²) in [6, 6.07) is 11.4. The van der Waals surface area contributed by atoms with Gasteiger partial charge in [-0.05, 0) is 38.2 Å². The predicted octanol–water partition coefficient (Wildman–Crippen LogP) is 3.51. The Morgan fingerprint density at radius 1 is 1.16 bits per heavy atom. The molecule has 6 heteroatoms. The Morgan fingerprint density at radius 3 is 2.80 bits per heavy atom. The average molecular weight is 340 g/mol. The van der Waals surface area contributed by atoms with Gasteiger partial charge in [0, 0.05) is 13.1 Å². The molecule has 0 fully saturated rings. The lowest BCUT2D eigenvalue weighted by Crippen LogP contribution is -2.39. The van der Waals surface area contributed by atoms with Crippen molar-refractivity contribution in [2.45, 2.75) is 19.6 Å². The van der Waals surface area contributed by atoms with Gasteiger partial charge in [-0.1, -0.05) is 12.1 Å². The molecule has 3 heterocycles. The van der Waals surface area contributed by atoms with Crippen molar-refractivity contribution < 1.29 is 18.3 Å². The Morgan fingerprint density at radius 2 is 2.00 bits per heavy atom. The molecular formula is C19H20N2O4. The zero-order valence-electron chi connectivity index (χ0n) is 14.3. The second-order valence-corrected chi connectivity index (χ2v) is 6.19. The Kier molecular flexibility index (Phi) is 4.19. The van der Waals surface area contributed by atoms with Crippen LogP contribution in [0.15, 0.2) is 51.5 Å². The molecule has 1 atom stereocenters. The van der Waals surface area contributed by atoms with Gasteiger partial charge in [-0.25, -0.2) is 4.98 Å². The lowest BCUT2D eigenvalue weighted by atomic mass is 10.2. The summed E-state index contributed by atoms with van der Waals surface area (Å²) in [7, 11) is 2.03. The topological polar surface area (TPSA) is 60.9 Å². The van der Waals surface area contributed by atoms with Gasteiger partial charge in [0.15, 0.2) is 17.3 Å². The highest BCUT2D eigenvalue weighted by molar-refractivity contribution is 5.44. The van der Waals surface area contributed by atoms with Crippen molar-refractivity contribution in [2.75, 3.05) is 20.2 Å². The number of hydrogen-bond donors (Lipinski definition) is 0. The summed E-state index contributed by atoms with van der Waals surface area (Å²) in [5.74, 6) is 3.54. The number of hydrogen-bond acceptors (Lipinski definition) is 6. The van der Waals surface area contributed by atoms with Gasteiger partial charge >= 0.3 is 0 Å². The number of furan rings is 1. The summed E-state index contributed by atoms with van der Waals surface area (Å²) in [4.78, 5) is 6.70. The van der Waals surface area contributed by atoms with E-state index >= 15 is 0 Å². The van der Waals surface area contributed by atoms with Gasteiger partial charge in [0.1, 0.15) is 18.5 Å². The monoisotopic (exact) mass is 340 g/mol. The molecule has 6 nitrogen and oxygen atoms in total. The molecule has 4 rings (SSSR count). The van der Waals surface area contributed by atoms with Crippen LogP contribution in [0.4, 0.5) is 0 Å². The molecule has 0 saturated carbocycles. The Labute approximate surface area is 146 Å². The summed E-state index contributed by atoms with van der Waals surface area (Å²) in [5, 5.41) is 0. The maximum absolute atomic E-state index is 6.01. The van der Waals surface area contributed by atoms with Crippen LogP contribution in [0.1, 0.15) is 11.5 Å². The predicted molar refractivity (Wildman–Crippen MR) is 91.6 cm³/mol. The van der Waals surface area contributed by atoms with Crippen molar-refractivity contribution in [3.63, 3.8) is 0 Å². The molecule has 1 unspecified atom stereocenters. The van der Waals surface area contributed by atoms with Crippen LogP contribution >= 0.6 is 0 Å². The molecule has 0 amide bonds. The van der Waals surface area contributed by atoms with Gasteiger partial charge in [0.05, 0.1) is 12.0 Å². The number of ether oxygens (including phenoxy) is 2. The van der Waals surface area contributed by atoms with Crippen LogP contribution in [0, 0.1) is 6.92 Å². The normalized spacial score (nSPS) is 16.4. The lowest BCUT2D eigenvalue weighted by molar-refractivity contribution is 0.0634. The van der Waals surface area contributed by atoms with Gasteiger partial charge in [0.2, 0.25) is 0 Å². The number of likely N-dealkylation sites (N-methyl/N-ethyl adjacent to an activating group) is 1. The molecule has 0 aliphatic carbocycles. The van der Waals surface area contributed by atoms with Crippen LogP contribution in [-0.4, -0.2) is 36.2 Å². The molecule has 0 bridgehead atoms. The van der Waals surface area contributed by atoms with E-state index < -0.39 is 0 Å². The van der Waals surface area contributed by atoms with Crippen molar-refractivity contribution in [2.24, 2.45) is 0 Å². The van der Waals surface area contributed by atoms with E-state index in [4.69, 9.17) is 18.3 Å². The maximum atomic E-state index is 6.01. The molecule has 0 saturated heterocycles. The minimum absolute atomic E-state index is 0.0170. The molecule has 2 aromatic heterocycles. The third kappa shape index (κ3) is 3.39. The third-order valence-corrected chi connectivity index (χ3v) is 4.13. The first-order chi connectivity index (χ1) is 12.2. The van der Waals surface area contributed by atoms with E-state index in [1.807, 2.05) is 50.4 Å². The molecule has 1 aliphatic rings. The minimum Gasteiger partial charge on any atom is -0.486 e. The molecular weight excluding hydrogens is 320 g/mol. The fraction of sp³-hybridized carbons (Fsp3) is 0.316. The fourth-order valence-corrected chi connectivity index (χ4v) is 2.90. The fourth-order valence-electron chi connectivity index (χ4n) is 2.90. The number of para-hydroxylation sites is 2. The van der Waals surface area contributed by atoms with E-state index in [9.17, 15) is 0 Å². The van der Waals surface area contributed by atoms with Gasteiger partial charge in [-0.15, -0.1) is 0 Å². The third-order valence-electron chi connectivity index (χ3n) is 4.13. The quantitative estimate of drug-likeness (QED) is 0.708. The standard InChI is InChI=1S/C19H20N2O4/c1-13-15(20-19(24-13)18-8-5-9-22-18)11-21(2)10-14-12-23-16-6-3-4-7-17(16)25-14/h3-9,14H,10-12H2,1-2H3. The van der Waals surface area contributed by atoms with Gasteiger partial charge in [0.25, 0.3) is 5.89 Å². The molecule has 3 aromatic rings. The number of aromatic nitrogens is 1. The smallest absolute Gasteiger partial charge is 0.263 e. The van der Waals surface area contributed by atoms with E-state index in [1.165, 1.54) is 0 Å². The number of rotatable bonds is 5. The zero-order valence-corrected chi connectivity index (χ0v) is 14.3. The maximum Gasteiger partial charge on any atom is 0.263 e. The summed E-state index contributed by atoms with van der Waals surface area (Å²) < 4.78 is 22.8. The van der Waals surface area contributed by atoms with E-state index in [1.54, 1.807) is 6.26 Å². The van der Waals surface area contributed by atoms with E-state index in [-0.39, 0.29) is 6.10 Å². The molecule has 0 spiro atoms.